The highest BCUT2D eigenvalue weighted by molar-refractivity contribution is 7.99. The molecule has 1 aromatic heterocycles. The standard InChI is InChI=1S/C19H22N4O3S2/c1-14-13-27-17-6-5-15(12-16(17)21-19(14)24)28(25,26)23-10-8-22(9-11-23)18-4-2-3-7-20-18/h2-7,12,14H,8-11,13H2,1H3,(H,21,24). The van der Waals surface area contributed by atoms with Crippen LogP contribution in [-0.4, -0.2) is 55.5 Å². The van der Waals surface area contributed by atoms with E-state index < -0.39 is 10.0 Å². The first-order valence-electron chi connectivity index (χ1n) is 9.19. The lowest BCUT2D eigenvalue weighted by molar-refractivity contribution is -0.118. The summed E-state index contributed by atoms with van der Waals surface area (Å²) in [6.07, 6.45) is 1.74. The summed E-state index contributed by atoms with van der Waals surface area (Å²) in [7, 11) is -3.62. The van der Waals surface area contributed by atoms with Crippen LogP contribution in [0.25, 0.3) is 0 Å². The normalized spacial score (nSPS) is 21.0. The number of nitrogens with zero attached hydrogens (tertiary/aromatic N) is 3. The predicted molar refractivity (Wildman–Crippen MR) is 110 cm³/mol. The highest BCUT2D eigenvalue weighted by atomic mass is 32.2. The van der Waals surface area contributed by atoms with Crippen LogP contribution in [0.1, 0.15) is 6.92 Å². The summed E-state index contributed by atoms with van der Waals surface area (Å²) in [6.45, 7) is 3.84. The van der Waals surface area contributed by atoms with Gasteiger partial charge in [0, 0.05) is 48.9 Å². The van der Waals surface area contributed by atoms with Gasteiger partial charge in [0.25, 0.3) is 0 Å². The van der Waals surface area contributed by atoms with Gasteiger partial charge in [0.05, 0.1) is 10.6 Å². The summed E-state index contributed by atoms with van der Waals surface area (Å²) in [5.41, 5.74) is 0.576. The van der Waals surface area contributed by atoms with Gasteiger partial charge in [-0.2, -0.15) is 4.31 Å². The molecule has 28 heavy (non-hydrogen) atoms. The van der Waals surface area contributed by atoms with Gasteiger partial charge in [0.15, 0.2) is 0 Å². The minimum absolute atomic E-state index is 0.0789. The second kappa shape index (κ2) is 7.73. The van der Waals surface area contributed by atoms with E-state index in [1.807, 2.05) is 25.1 Å². The van der Waals surface area contributed by atoms with Crippen molar-refractivity contribution in [2.75, 3.05) is 42.1 Å². The molecule has 1 saturated heterocycles. The second-order valence-electron chi connectivity index (χ2n) is 6.94. The lowest BCUT2D eigenvalue weighted by atomic mass is 10.2. The number of carbonyl (C=O) groups excluding carboxylic acids is 1. The fraction of sp³-hybridized carbons (Fsp3) is 0.368. The number of rotatable bonds is 3. The molecule has 1 amide bonds. The van der Waals surface area contributed by atoms with E-state index in [1.165, 1.54) is 4.31 Å². The van der Waals surface area contributed by atoms with Crippen molar-refractivity contribution < 1.29 is 13.2 Å². The van der Waals surface area contributed by atoms with E-state index in [-0.39, 0.29) is 16.7 Å². The van der Waals surface area contributed by atoms with Gasteiger partial charge in [-0.3, -0.25) is 4.79 Å². The van der Waals surface area contributed by atoms with Gasteiger partial charge in [-0.1, -0.05) is 13.0 Å². The molecule has 0 spiro atoms. The Morgan fingerprint density at radius 1 is 1.14 bits per heavy atom. The largest absolute Gasteiger partial charge is 0.354 e. The van der Waals surface area contributed by atoms with E-state index in [2.05, 4.69) is 15.2 Å². The Morgan fingerprint density at radius 3 is 2.64 bits per heavy atom. The third-order valence-corrected chi connectivity index (χ3v) is 8.22. The molecule has 2 aliphatic heterocycles. The molecular formula is C19H22N4O3S2. The summed E-state index contributed by atoms with van der Waals surface area (Å²) in [4.78, 5) is 19.6. The van der Waals surface area contributed by atoms with Gasteiger partial charge >= 0.3 is 0 Å². The maximum atomic E-state index is 13.1. The Balaban J connectivity index is 1.52. The molecule has 2 aliphatic rings. The molecule has 9 heteroatoms. The first-order valence-corrected chi connectivity index (χ1v) is 11.6. The molecule has 4 rings (SSSR count). The molecule has 1 N–H and O–H groups in total. The van der Waals surface area contributed by atoms with Crippen LogP contribution in [0.5, 0.6) is 0 Å². The lowest BCUT2D eigenvalue weighted by Gasteiger charge is -2.34. The van der Waals surface area contributed by atoms with E-state index in [0.717, 1.165) is 10.7 Å². The number of carbonyl (C=O) groups is 1. The van der Waals surface area contributed by atoms with Crippen molar-refractivity contribution in [1.29, 1.82) is 0 Å². The molecule has 7 nitrogen and oxygen atoms in total. The van der Waals surface area contributed by atoms with Crippen LogP contribution in [0.4, 0.5) is 11.5 Å². The number of pyridine rings is 1. The molecule has 0 bridgehead atoms. The number of hydrogen-bond donors (Lipinski definition) is 1. The van der Waals surface area contributed by atoms with Crippen molar-refractivity contribution in [3.63, 3.8) is 0 Å². The molecule has 0 radical (unpaired) electrons. The van der Waals surface area contributed by atoms with Crippen LogP contribution in [0, 0.1) is 5.92 Å². The molecule has 1 fully saturated rings. The number of fused-ring (bicyclic) bond motifs is 1. The number of anilines is 2. The van der Waals surface area contributed by atoms with Crippen molar-refractivity contribution in [2.24, 2.45) is 5.92 Å². The van der Waals surface area contributed by atoms with Gasteiger partial charge < -0.3 is 10.2 Å². The minimum atomic E-state index is -3.62. The molecule has 1 aromatic carbocycles. The fourth-order valence-corrected chi connectivity index (χ4v) is 5.75. The molecule has 0 saturated carbocycles. The number of benzene rings is 1. The van der Waals surface area contributed by atoms with Crippen LogP contribution >= 0.6 is 11.8 Å². The summed E-state index contributed by atoms with van der Waals surface area (Å²) in [5.74, 6) is 1.35. The molecular weight excluding hydrogens is 396 g/mol. The average molecular weight is 419 g/mol. The van der Waals surface area contributed by atoms with Crippen LogP contribution in [0.15, 0.2) is 52.4 Å². The Morgan fingerprint density at radius 2 is 1.93 bits per heavy atom. The smallest absolute Gasteiger partial charge is 0.243 e. The third-order valence-electron chi connectivity index (χ3n) is 5.00. The van der Waals surface area contributed by atoms with Crippen LogP contribution < -0.4 is 10.2 Å². The van der Waals surface area contributed by atoms with Crippen molar-refractivity contribution in [2.45, 2.75) is 16.7 Å². The van der Waals surface area contributed by atoms with Crippen molar-refractivity contribution in [3.05, 3.63) is 42.6 Å². The van der Waals surface area contributed by atoms with Gasteiger partial charge in [0.2, 0.25) is 15.9 Å². The first kappa shape index (κ1) is 19.2. The Hall–Kier alpha value is -2.10. The highest BCUT2D eigenvalue weighted by Crippen LogP contribution is 2.34. The zero-order chi connectivity index (χ0) is 19.7. The number of aromatic nitrogens is 1. The predicted octanol–water partition coefficient (Wildman–Crippen LogP) is 2.27. The van der Waals surface area contributed by atoms with Gasteiger partial charge in [-0.25, -0.2) is 13.4 Å². The molecule has 3 heterocycles. The Labute approximate surface area is 169 Å². The van der Waals surface area contributed by atoms with Crippen LogP contribution in [0.2, 0.25) is 0 Å². The summed E-state index contributed by atoms with van der Waals surface area (Å²) in [6, 6.07) is 10.7. The summed E-state index contributed by atoms with van der Waals surface area (Å²) < 4.78 is 27.7. The zero-order valence-corrected chi connectivity index (χ0v) is 17.2. The number of amides is 1. The van der Waals surface area contributed by atoms with E-state index in [9.17, 15) is 13.2 Å². The lowest BCUT2D eigenvalue weighted by Crippen LogP contribution is -2.48. The van der Waals surface area contributed by atoms with Crippen LogP contribution in [-0.2, 0) is 14.8 Å². The number of piperazine rings is 1. The van der Waals surface area contributed by atoms with Gasteiger partial charge in [0.1, 0.15) is 5.82 Å². The summed E-state index contributed by atoms with van der Waals surface area (Å²) >= 11 is 1.57. The van der Waals surface area contributed by atoms with E-state index in [4.69, 9.17) is 0 Å². The molecule has 1 unspecified atom stereocenters. The van der Waals surface area contributed by atoms with Crippen LogP contribution in [0.3, 0.4) is 0 Å². The van der Waals surface area contributed by atoms with Gasteiger partial charge in [-0.05, 0) is 30.3 Å². The molecule has 1 atom stereocenters. The third kappa shape index (κ3) is 3.74. The maximum Gasteiger partial charge on any atom is 0.243 e. The minimum Gasteiger partial charge on any atom is -0.354 e. The first-order chi connectivity index (χ1) is 13.4. The van der Waals surface area contributed by atoms with E-state index in [1.54, 1.807) is 36.2 Å². The quantitative estimate of drug-likeness (QED) is 0.823. The maximum absolute atomic E-state index is 13.1. The SMILES string of the molecule is CC1CSc2ccc(S(=O)(=O)N3CCN(c4ccccn4)CC3)cc2NC1=O. The Bertz CT molecular complexity index is 974. The molecule has 0 aliphatic carbocycles. The van der Waals surface area contributed by atoms with Crippen molar-refractivity contribution in [3.8, 4) is 0 Å². The number of hydrogen-bond acceptors (Lipinski definition) is 6. The zero-order valence-electron chi connectivity index (χ0n) is 15.5. The summed E-state index contributed by atoms with van der Waals surface area (Å²) in [5, 5.41) is 2.86. The Kier molecular flexibility index (Phi) is 5.31. The van der Waals surface area contributed by atoms with Crippen molar-refractivity contribution >= 4 is 39.2 Å². The molecule has 2 aromatic rings. The highest BCUT2D eigenvalue weighted by Gasteiger charge is 2.30. The number of sulfonamides is 1. The second-order valence-corrected chi connectivity index (χ2v) is 9.94. The number of nitrogens with one attached hydrogen (secondary N) is 1. The topological polar surface area (TPSA) is 82.6 Å². The number of thioether (sulfide) groups is 1. The molecule has 148 valence electrons. The monoisotopic (exact) mass is 418 g/mol. The van der Waals surface area contributed by atoms with E-state index in [0.29, 0.717) is 37.6 Å². The van der Waals surface area contributed by atoms with Crippen molar-refractivity contribution in [1.82, 2.24) is 9.29 Å². The van der Waals surface area contributed by atoms with E-state index >= 15 is 0 Å². The fourth-order valence-electron chi connectivity index (χ4n) is 3.29. The average Bonchev–Trinajstić information content (AvgIpc) is 2.86. The van der Waals surface area contributed by atoms with Gasteiger partial charge in [-0.15, -0.1) is 11.8 Å².